The third kappa shape index (κ3) is 4.50. The van der Waals surface area contributed by atoms with Gasteiger partial charge in [-0.25, -0.2) is 0 Å². The van der Waals surface area contributed by atoms with Gasteiger partial charge in [-0.2, -0.15) is 0 Å². The Kier molecular flexibility index (Phi) is 5.84. The number of carbonyl (C=O) groups excluding carboxylic acids is 1. The molecule has 1 amide bonds. The Balaban J connectivity index is 1.81. The van der Waals surface area contributed by atoms with Crippen LogP contribution in [0.2, 0.25) is 5.02 Å². The fourth-order valence-corrected chi connectivity index (χ4v) is 2.38. The average Bonchev–Trinajstić information content (AvgIpc) is 2.52. The first-order chi connectivity index (χ1) is 10.6. The number of benzene rings is 2. The lowest BCUT2D eigenvalue weighted by Crippen LogP contribution is -2.12. The number of ether oxygens (including phenoxy) is 1. The highest BCUT2D eigenvalue weighted by molar-refractivity contribution is 6.31. The first-order valence-electron chi connectivity index (χ1n) is 7.28. The van der Waals surface area contributed by atoms with E-state index in [-0.39, 0.29) is 5.91 Å². The zero-order valence-electron chi connectivity index (χ0n) is 12.9. The highest BCUT2D eigenvalue weighted by Gasteiger charge is 2.06. The van der Waals surface area contributed by atoms with E-state index in [0.717, 1.165) is 29.8 Å². The number of rotatable bonds is 6. The summed E-state index contributed by atoms with van der Waals surface area (Å²) in [4.78, 5) is 12.0. The molecule has 0 saturated heterocycles. The van der Waals surface area contributed by atoms with Crippen molar-refractivity contribution in [2.75, 3.05) is 12.4 Å². The van der Waals surface area contributed by atoms with E-state index in [2.05, 4.69) is 5.32 Å². The number of halogens is 1. The van der Waals surface area contributed by atoms with Crippen molar-refractivity contribution in [3.05, 3.63) is 58.6 Å². The van der Waals surface area contributed by atoms with Crippen LogP contribution in [0.15, 0.2) is 42.5 Å². The number of methoxy groups -OCH3 is 1. The van der Waals surface area contributed by atoms with Crippen LogP contribution in [0.3, 0.4) is 0 Å². The molecule has 4 heteroatoms. The largest absolute Gasteiger partial charge is 0.497 e. The van der Waals surface area contributed by atoms with Crippen LogP contribution in [0.4, 0.5) is 5.69 Å². The minimum atomic E-state index is 0.0129. The number of hydrogen-bond acceptors (Lipinski definition) is 2. The monoisotopic (exact) mass is 317 g/mol. The summed E-state index contributed by atoms with van der Waals surface area (Å²) >= 11 is 6.04. The van der Waals surface area contributed by atoms with Crippen molar-refractivity contribution >= 4 is 23.2 Å². The van der Waals surface area contributed by atoms with Crippen LogP contribution in [0, 0.1) is 6.92 Å². The molecule has 2 aromatic rings. The Hall–Kier alpha value is -2.00. The van der Waals surface area contributed by atoms with Crippen molar-refractivity contribution in [3.63, 3.8) is 0 Å². The first kappa shape index (κ1) is 16.4. The van der Waals surface area contributed by atoms with E-state index in [1.165, 1.54) is 5.56 Å². The van der Waals surface area contributed by atoms with Crippen molar-refractivity contribution in [3.8, 4) is 5.75 Å². The molecule has 3 nitrogen and oxygen atoms in total. The molecular formula is C18H20ClNO2. The summed E-state index contributed by atoms with van der Waals surface area (Å²) < 4.78 is 5.12. The van der Waals surface area contributed by atoms with Crippen LogP contribution in [0.25, 0.3) is 0 Å². The summed E-state index contributed by atoms with van der Waals surface area (Å²) in [6.07, 6.45) is 2.15. The molecule has 0 saturated carbocycles. The number of hydrogen-bond donors (Lipinski definition) is 1. The molecule has 2 rings (SSSR count). The number of anilines is 1. The summed E-state index contributed by atoms with van der Waals surface area (Å²) in [5, 5.41) is 3.58. The van der Waals surface area contributed by atoms with Gasteiger partial charge in [-0.1, -0.05) is 29.8 Å². The zero-order valence-corrected chi connectivity index (χ0v) is 13.6. The Morgan fingerprint density at radius 2 is 1.91 bits per heavy atom. The second kappa shape index (κ2) is 7.85. The molecule has 116 valence electrons. The molecular weight excluding hydrogens is 298 g/mol. The topological polar surface area (TPSA) is 38.3 Å². The van der Waals surface area contributed by atoms with Crippen LogP contribution in [-0.4, -0.2) is 13.0 Å². The molecule has 0 heterocycles. The molecule has 0 atom stereocenters. The molecule has 0 bridgehead atoms. The minimum absolute atomic E-state index is 0.0129. The van der Waals surface area contributed by atoms with Gasteiger partial charge in [0.05, 0.1) is 7.11 Å². The highest BCUT2D eigenvalue weighted by Crippen LogP contribution is 2.23. The minimum Gasteiger partial charge on any atom is -0.497 e. The van der Waals surface area contributed by atoms with Crippen LogP contribution < -0.4 is 10.1 Å². The van der Waals surface area contributed by atoms with E-state index in [9.17, 15) is 4.79 Å². The summed E-state index contributed by atoms with van der Waals surface area (Å²) in [5.74, 6) is 0.858. The fourth-order valence-electron chi connectivity index (χ4n) is 2.20. The van der Waals surface area contributed by atoms with Gasteiger partial charge in [-0.05, 0) is 55.2 Å². The van der Waals surface area contributed by atoms with E-state index in [4.69, 9.17) is 16.3 Å². The normalized spacial score (nSPS) is 10.3. The van der Waals surface area contributed by atoms with Gasteiger partial charge < -0.3 is 10.1 Å². The van der Waals surface area contributed by atoms with Crippen molar-refractivity contribution in [2.45, 2.75) is 26.2 Å². The lowest BCUT2D eigenvalue weighted by atomic mass is 10.1. The highest BCUT2D eigenvalue weighted by atomic mass is 35.5. The van der Waals surface area contributed by atoms with Crippen LogP contribution >= 0.6 is 11.6 Å². The molecule has 0 aliphatic rings. The number of amides is 1. The van der Waals surface area contributed by atoms with Gasteiger partial charge in [0.1, 0.15) is 5.75 Å². The van der Waals surface area contributed by atoms with Gasteiger partial charge in [-0.15, -0.1) is 0 Å². The summed E-state index contributed by atoms with van der Waals surface area (Å²) in [5.41, 5.74) is 2.88. The summed E-state index contributed by atoms with van der Waals surface area (Å²) in [6.45, 7) is 1.90. The van der Waals surface area contributed by atoms with Gasteiger partial charge in [0.2, 0.25) is 5.91 Å². The summed E-state index contributed by atoms with van der Waals surface area (Å²) in [7, 11) is 1.65. The third-order valence-corrected chi connectivity index (χ3v) is 3.98. The second-order valence-corrected chi connectivity index (χ2v) is 5.57. The Morgan fingerprint density at radius 1 is 1.18 bits per heavy atom. The predicted molar refractivity (Wildman–Crippen MR) is 90.8 cm³/mol. The van der Waals surface area contributed by atoms with Crippen molar-refractivity contribution in [2.24, 2.45) is 0 Å². The van der Waals surface area contributed by atoms with Gasteiger partial charge in [0.25, 0.3) is 0 Å². The quantitative estimate of drug-likeness (QED) is 0.844. The Bertz CT molecular complexity index is 638. The van der Waals surface area contributed by atoms with Gasteiger partial charge in [0.15, 0.2) is 0 Å². The maximum absolute atomic E-state index is 12.0. The standard InChI is InChI=1S/C18H20ClNO2/c1-13-16(19)6-4-7-17(13)20-18(21)8-3-5-14-9-11-15(22-2)12-10-14/h4,6-7,9-12H,3,5,8H2,1-2H3,(H,20,21). The molecule has 2 aromatic carbocycles. The van der Waals surface area contributed by atoms with E-state index in [1.54, 1.807) is 7.11 Å². The molecule has 0 aromatic heterocycles. The van der Waals surface area contributed by atoms with Gasteiger partial charge >= 0.3 is 0 Å². The smallest absolute Gasteiger partial charge is 0.224 e. The summed E-state index contributed by atoms with van der Waals surface area (Å²) in [6, 6.07) is 13.4. The number of aryl methyl sites for hydroxylation is 1. The van der Waals surface area contributed by atoms with Crippen LogP contribution in [0.5, 0.6) is 5.75 Å². The maximum Gasteiger partial charge on any atom is 0.224 e. The van der Waals surface area contributed by atoms with Gasteiger partial charge in [0, 0.05) is 17.1 Å². The maximum atomic E-state index is 12.0. The van der Waals surface area contributed by atoms with Crippen molar-refractivity contribution in [1.29, 1.82) is 0 Å². The van der Waals surface area contributed by atoms with E-state index in [0.29, 0.717) is 11.4 Å². The van der Waals surface area contributed by atoms with E-state index in [1.807, 2.05) is 49.4 Å². The average molecular weight is 318 g/mol. The van der Waals surface area contributed by atoms with E-state index >= 15 is 0 Å². The predicted octanol–water partition coefficient (Wildman–Crippen LogP) is 4.62. The fraction of sp³-hybridized carbons (Fsp3) is 0.278. The molecule has 22 heavy (non-hydrogen) atoms. The van der Waals surface area contributed by atoms with Crippen molar-refractivity contribution in [1.82, 2.24) is 0 Å². The Morgan fingerprint density at radius 3 is 2.59 bits per heavy atom. The first-order valence-corrected chi connectivity index (χ1v) is 7.66. The third-order valence-electron chi connectivity index (χ3n) is 3.57. The molecule has 0 aliphatic carbocycles. The lowest BCUT2D eigenvalue weighted by molar-refractivity contribution is -0.116. The molecule has 0 aliphatic heterocycles. The molecule has 0 fully saturated rings. The second-order valence-electron chi connectivity index (χ2n) is 5.16. The molecule has 0 spiro atoms. The molecule has 0 radical (unpaired) electrons. The Labute approximate surface area is 136 Å². The van der Waals surface area contributed by atoms with E-state index < -0.39 is 0 Å². The SMILES string of the molecule is COc1ccc(CCCC(=O)Nc2cccc(Cl)c2C)cc1. The number of carbonyl (C=O) groups is 1. The van der Waals surface area contributed by atoms with Crippen LogP contribution in [-0.2, 0) is 11.2 Å². The molecule has 0 unspecified atom stereocenters. The molecule has 1 N–H and O–H groups in total. The lowest BCUT2D eigenvalue weighted by Gasteiger charge is -2.09. The van der Waals surface area contributed by atoms with Gasteiger partial charge in [-0.3, -0.25) is 4.79 Å². The van der Waals surface area contributed by atoms with Crippen LogP contribution in [0.1, 0.15) is 24.0 Å². The van der Waals surface area contributed by atoms with Crippen molar-refractivity contribution < 1.29 is 9.53 Å². The zero-order chi connectivity index (χ0) is 15.9. The number of nitrogens with one attached hydrogen (secondary N) is 1.